The SMILES string of the molecule is CCOC(=O)c1cc(C(=O)N2CCCC2c2nc(C)cs2)cc(C(C)C)c1. The zero-order chi connectivity index (χ0) is 19.6. The number of benzene rings is 1. The van der Waals surface area contributed by atoms with E-state index in [1.807, 2.05) is 29.3 Å². The monoisotopic (exact) mass is 386 g/mol. The summed E-state index contributed by atoms with van der Waals surface area (Å²) in [7, 11) is 0. The Kier molecular flexibility index (Phi) is 5.95. The van der Waals surface area contributed by atoms with E-state index in [0.717, 1.165) is 29.1 Å². The van der Waals surface area contributed by atoms with Crippen molar-refractivity contribution in [3.8, 4) is 0 Å². The highest BCUT2D eigenvalue weighted by atomic mass is 32.1. The van der Waals surface area contributed by atoms with E-state index in [9.17, 15) is 9.59 Å². The molecule has 1 atom stereocenters. The summed E-state index contributed by atoms with van der Waals surface area (Å²) in [5.74, 6) is -0.220. The number of nitrogens with zero attached hydrogens (tertiary/aromatic N) is 2. The molecule has 6 heteroatoms. The van der Waals surface area contributed by atoms with Crippen LogP contribution in [-0.2, 0) is 4.74 Å². The van der Waals surface area contributed by atoms with Crippen LogP contribution in [0, 0.1) is 6.92 Å². The minimum absolute atomic E-state index is 0.0185. The number of thiazole rings is 1. The van der Waals surface area contributed by atoms with Gasteiger partial charge in [0, 0.05) is 23.2 Å². The van der Waals surface area contributed by atoms with Crippen LogP contribution in [0.5, 0.6) is 0 Å². The van der Waals surface area contributed by atoms with Crippen molar-refractivity contribution in [2.75, 3.05) is 13.2 Å². The van der Waals surface area contributed by atoms with Gasteiger partial charge in [0.05, 0.1) is 18.2 Å². The van der Waals surface area contributed by atoms with Gasteiger partial charge in [0.1, 0.15) is 5.01 Å². The van der Waals surface area contributed by atoms with Crippen LogP contribution in [0.25, 0.3) is 0 Å². The van der Waals surface area contributed by atoms with E-state index in [1.54, 1.807) is 24.3 Å². The molecule has 0 N–H and O–H groups in total. The number of aryl methyl sites for hydroxylation is 1. The van der Waals surface area contributed by atoms with Crippen molar-refractivity contribution in [2.45, 2.75) is 52.5 Å². The van der Waals surface area contributed by atoms with Gasteiger partial charge in [0.2, 0.25) is 0 Å². The molecule has 3 rings (SSSR count). The van der Waals surface area contributed by atoms with Gasteiger partial charge in [-0.2, -0.15) is 0 Å². The van der Waals surface area contributed by atoms with Crippen LogP contribution in [-0.4, -0.2) is 34.9 Å². The molecule has 1 aliphatic rings. The van der Waals surface area contributed by atoms with Crippen molar-refractivity contribution in [1.82, 2.24) is 9.88 Å². The predicted molar refractivity (Wildman–Crippen MR) is 106 cm³/mol. The topological polar surface area (TPSA) is 59.5 Å². The van der Waals surface area contributed by atoms with Crippen molar-refractivity contribution >= 4 is 23.2 Å². The normalized spacial score (nSPS) is 16.8. The molecule has 0 saturated carbocycles. The van der Waals surface area contributed by atoms with Gasteiger partial charge in [-0.1, -0.05) is 13.8 Å². The second-order valence-electron chi connectivity index (χ2n) is 7.20. The van der Waals surface area contributed by atoms with Gasteiger partial charge < -0.3 is 9.64 Å². The van der Waals surface area contributed by atoms with Crippen molar-refractivity contribution < 1.29 is 14.3 Å². The summed E-state index contributed by atoms with van der Waals surface area (Å²) in [5, 5.41) is 3.01. The highest BCUT2D eigenvalue weighted by Crippen LogP contribution is 2.35. The summed E-state index contributed by atoms with van der Waals surface area (Å²) in [6.45, 7) is 8.87. The van der Waals surface area contributed by atoms with E-state index in [1.165, 1.54) is 0 Å². The molecule has 2 heterocycles. The second-order valence-corrected chi connectivity index (χ2v) is 8.09. The molecule has 0 radical (unpaired) electrons. The summed E-state index contributed by atoms with van der Waals surface area (Å²) in [6.07, 6.45) is 1.89. The predicted octanol–water partition coefficient (Wildman–Crippen LogP) is 4.73. The molecule has 1 fully saturated rings. The molecule has 0 bridgehead atoms. The molecular weight excluding hydrogens is 360 g/mol. The first-order valence-electron chi connectivity index (χ1n) is 9.45. The van der Waals surface area contributed by atoms with Gasteiger partial charge in [0.25, 0.3) is 5.91 Å². The molecule has 1 aromatic carbocycles. The maximum absolute atomic E-state index is 13.3. The zero-order valence-electron chi connectivity index (χ0n) is 16.3. The van der Waals surface area contributed by atoms with Gasteiger partial charge in [-0.05, 0) is 56.4 Å². The fourth-order valence-electron chi connectivity index (χ4n) is 3.40. The van der Waals surface area contributed by atoms with Crippen molar-refractivity contribution in [1.29, 1.82) is 0 Å². The average molecular weight is 387 g/mol. The quantitative estimate of drug-likeness (QED) is 0.697. The van der Waals surface area contributed by atoms with Crippen LogP contribution in [0.4, 0.5) is 0 Å². The Bertz CT molecular complexity index is 844. The third-order valence-corrected chi connectivity index (χ3v) is 5.88. The summed E-state index contributed by atoms with van der Waals surface area (Å²) in [4.78, 5) is 32.0. The largest absolute Gasteiger partial charge is 0.462 e. The lowest BCUT2D eigenvalue weighted by Crippen LogP contribution is -2.30. The smallest absolute Gasteiger partial charge is 0.338 e. The molecule has 1 saturated heterocycles. The molecule has 1 aliphatic heterocycles. The highest BCUT2D eigenvalue weighted by molar-refractivity contribution is 7.09. The number of hydrogen-bond donors (Lipinski definition) is 0. The average Bonchev–Trinajstić information content (AvgIpc) is 3.29. The van der Waals surface area contributed by atoms with Crippen LogP contribution >= 0.6 is 11.3 Å². The molecule has 0 spiro atoms. The molecule has 0 aliphatic carbocycles. The van der Waals surface area contributed by atoms with E-state index in [0.29, 0.717) is 24.3 Å². The molecule has 2 aromatic rings. The Morgan fingerprint density at radius 1 is 1.30 bits per heavy atom. The van der Waals surface area contributed by atoms with Crippen molar-refractivity contribution in [3.05, 3.63) is 51.0 Å². The van der Waals surface area contributed by atoms with Crippen LogP contribution in [0.2, 0.25) is 0 Å². The van der Waals surface area contributed by atoms with Gasteiger partial charge in [-0.15, -0.1) is 11.3 Å². The van der Waals surface area contributed by atoms with Gasteiger partial charge in [-0.3, -0.25) is 4.79 Å². The Morgan fingerprint density at radius 3 is 2.67 bits per heavy atom. The Balaban J connectivity index is 1.94. The maximum Gasteiger partial charge on any atom is 0.338 e. The lowest BCUT2D eigenvalue weighted by molar-refractivity contribution is 0.0526. The molecular formula is C21H26N2O3S. The Morgan fingerprint density at radius 2 is 2.04 bits per heavy atom. The fourth-order valence-corrected chi connectivity index (χ4v) is 4.34. The number of amides is 1. The van der Waals surface area contributed by atoms with Gasteiger partial charge in [-0.25, -0.2) is 9.78 Å². The first-order valence-corrected chi connectivity index (χ1v) is 10.3. The molecule has 144 valence electrons. The standard InChI is InChI=1S/C21H26N2O3S/c1-5-26-21(25)17-10-15(13(2)3)9-16(11-17)20(24)23-8-6-7-18(23)19-22-14(4)12-27-19/h9-13,18H,5-8H2,1-4H3. The van der Waals surface area contributed by atoms with E-state index < -0.39 is 0 Å². The third-order valence-electron chi connectivity index (χ3n) is 4.82. The fraction of sp³-hybridized carbons (Fsp3) is 0.476. The number of likely N-dealkylation sites (tertiary alicyclic amines) is 1. The number of ether oxygens (including phenoxy) is 1. The van der Waals surface area contributed by atoms with Gasteiger partial charge in [0.15, 0.2) is 0 Å². The van der Waals surface area contributed by atoms with E-state index in [-0.39, 0.29) is 23.8 Å². The summed E-state index contributed by atoms with van der Waals surface area (Å²) < 4.78 is 5.14. The Labute approximate surface area is 164 Å². The van der Waals surface area contributed by atoms with Crippen LogP contribution in [0.3, 0.4) is 0 Å². The second kappa shape index (κ2) is 8.21. The van der Waals surface area contributed by atoms with E-state index >= 15 is 0 Å². The number of rotatable bonds is 5. The molecule has 27 heavy (non-hydrogen) atoms. The number of aromatic nitrogens is 1. The third kappa shape index (κ3) is 4.21. The minimum atomic E-state index is -0.387. The summed E-state index contributed by atoms with van der Waals surface area (Å²) in [5.41, 5.74) is 2.93. The van der Waals surface area contributed by atoms with Crippen LogP contribution in [0.15, 0.2) is 23.6 Å². The van der Waals surface area contributed by atoms with E-state index in [2.05, 4.69) is 18.8 Å². The summed E-state index contributed by atoms with van der Waals surface area (Å²) in [6, 6.07) is 5.41. The lowest BCUT2D eigenvalue weighted by atomic mass is 9.97. The maximum atomic E-state index is 13.3. The van der Waals surface area contributed by atoms with Crippen LogP contribution in [0.1, 0.15) is 82.6 Å². The number of hydrogen-bond acceptors (Lipinski definition) is 5. The molecule has 5 nitrogen and oxygen atoms in total. The molecule has 1 unspecified atom stereocenters. The lowest BCUT2D eigenvalue weighted by Gasteiger charge is -2.24. The van der Waals surface area contributed by atoms with Gasteiger partial charge >= 0.3 is 5.97 Å². The Hall–Kier alpha value is -2.21. The van der Waals surface area contributed by atoms with Crippen molar-refractivity contribution in [3.63, 3.8) is 0 Å². The van der Waals surface area contributed by atoms with E-state index in [4.69, 9.17) is 4.74 Å². The number of esters is 1. The summed E-state index contributed by atoms with van der Waals surface area (Å²) >= 11 is 1.61. The number of carbonyl (C=O) groups is 2. The highest BCUT2D eigenvalue weighted by Gasteiger charge is 2.33. The van der Waals surface area contributed by atoms with Crippen LogP contribution < -0.4 is 0 Å². The van der Waals surface area contributed by atoms with Crippen molar-refractivity contribution in [2.24, 2.45) is 0 Å². The number of carbonyl (C=O) groups excluding carboxylic acids is 2. The first kappa shape index (κ1) is 19.5. The zero-order valence-corrected chi connectivity index (χ0v) is 17.1. The molecule has 1 aromatic heterocycles. The molecule has 1 amide bonds. The minimum Gasteiger partial charge on any atom is -0.462 e. The first-order chi connectivity index (χ1) is 12.9.